The number of hydrogen-bond acceptors (Lipinski definition) is 3. The molecule has 4 heteroatoms. The van der Waals surface area contributed by atoms with Crippen LogP contribution in [0.2, 0.25) is 0 Å². The van der Waals surface area contributed by atoms with Crippen molar-refractivity contribution >= 4 is 11.8 Å². The normalized spacial score (nSPS) is 10.5. The third kappa shape index (κ3) is 2.79. The zero-order valence-corrected chi connectivity index (χ0v) is 13.1. The summed E-state index contributed by atoms with van der Waals surface area (Å²) in [5.74, 6) is 0.648. The summed E-state index contributed by atoms with van der Waals surface area (Å²) in [6, 6.07) is 9.93. The predicted octanol–water partition coefficient (Wildman–Crippen LogP) is 3.62. The average Bonchev–Trinajstić information content (AvgIpc) is 2.86. The number of methoxy groups -OCH3 is 1. The number of benzene rings is 1. The lowest BCUT2D eigenvalue weighted by molar-refractivity contribution is 0.0596. The van der Waals surface area contributed by atoms with Crippen molar-refractivity contribution < 1.29 is 9.53 Å². The van der Waals surface area contributed by atoms with E-state index in [-0.39, 0.29) is 5.97 Å². The van der Waals surface area contributed by atoms with Gasteiger partial charge in [-0.15, -0.1) is 0 Å². The number of esters is 1. The van der Waals surface area contributed by atoms with Gasteiger partial charge in [-0.3, -0.25) is 0 Å². The fourth-order valence-electron chi connectivity index (χ4n) is 2.66. The summed E-state index contributed by atoms with van der Waals surface area (Å²) in [4.78, 5) is 17.6. The molecular formula is C17H22N2O2. The lowest BCUT2D eigenvalue weighted by Gasteiger charge is -2.20. The molecule has 1 aromatic carbocycles. The van der Waals surface area contributed by atoms with Crippen LogP contribution in [0.1, 0.15) is 29.9 Å². The minimum atomic E-state index is -0.338. The third-order valence-electron chi connectivity index (χ3n) is 3.76. The molecule has 0 spiro atoms. The highest BCUT2D eigenvalue weighted by atomic mass is 16.5. The topological polar surface area (TPSA) is 45.3 Å². The molecule has 0 saturated carbocycles. The van der Waals surface area contributed by atoms with Crippen LogP contribution in [0.5, 0.6) is 0 Å². The predicted molar refractivity (Wildman–Crippen MR) is 85.9 cm³/mol. The van der Waals surface area contributed by atoms with Gasteiger partial charge in [0, 0.05) is 18.7 Å². The smallest absolute Gasteiger partial charge is 0.355 e. The summed E-state index contributed by atoms with van der Waals surface area (Å²) in [5, 5.41) is 0. The van der Waals surface area contributed by atoms with Gasteiger partial charge in [0.2, 0.25) is 0 Å². The summed E-state index contributed by atoms with van der Waals surface area (Å²) in [6.07, 6.45) is 0. The third-order valence-corrected chi connectivity index (χ3v) is 3.76. The number of rotatable bonds is 5. The Morgan fingerprint density at radius 3 is 2.33 bits per heavy atom. The number of carbonyl (C=O) groups is 1. The van der Waals surface area contributed by atoms with Crippen LogP contribution in [0, 0.1) is 6.92 Å². The fraction of sp³-hybridized carbons (Fsp3) is 0.353. The first-order valence-electron chi connectivity index (χ1n) is 7.25. The first-order valence-corrected chi connectivity index (χ1v) is 7.25. The second-order valence-corrected chi connectivity index (χ2v) is 4.88. The Balaban J connectivity index is 2.64. The molecule has 1 heterocycles. The van der Waals surface area contributed by atoms with Crippen molar-refractivity contribution in [1.82, 2.24) is 4.98 Å². The van der Waals surface area contributed by atoms with Gasteiger partial charge in [0.25, 0.3) is 0 Å². The molecular weight excluding hydrogens is 264 g/mol. The van der Waals surface area contributed by atoms with Crippen LogP contribution >= 0.6 is 0 Å². The Hall–Kier alpha value is -2.23. The number of aromatic nitrogens is 1. The summed E-state index contributed by atoms with van der Waals surface area (Å²) in [6.45, 7) is 8.01. The maximum atomic E-state index is 12.1. The molecule has 0 saturated heterocycles. The fourth-order valence-corrected chi connectivity index (χ4v) is 2.66. The summed E-state index contributed by atoms with van der Waals surface area (Å²) < 4.78 is 4.93. The maximum Gasteiger partial charge on any atom is 0.355 e. The Kier molecular flexibility index (Phi) is 4.68. The molecule has 0 atom stereocenters. The molecule has 0 aliphatic carbocycles. The van der Waals surface area contributed by atoms with Gasteiger partial charge in [-0.1, -0.05) is 30.3 Å². The van der Waals surface area contributed by atoms with E-state index in [9.17, 15) is 4.79 Å². The van der Waals surface area contributed by atoms with Gasteiger partial charge in [0.05, 0.1) is 7.11 Å². The number of nitrogens with zero attached hydrogens (tertiary/aromatic N) is 1. The first-order chi connectivity index (χ1) is 10.1. The van der Waals surface area contributed by atoms with E-state index in [2.05, 4.69) is 23.7 Å². The minimum absolute atomic E-state index is 0.338. The molecule has 0 bridgehead atoms. The highest BCUT2D eigenvalue weighted by Crippen LogP contribution is 2.34. The van der Waals surface area contributed by atoms with E-state index >= 15 is 0 Å². The highest BCUT2D eigenvalue weighted by molar-refractivity contribution is 5.98. The molecule has 1 aromatic heterocycles. The second kappa shape index (κ2) is 6.48. The highest BCUT2D eigenvalue weighted by Gasteiger charge is 2.23. The van der Waals surface area contributed by atoms with E-state index in [1.807, 2.05) is 37.3 Å². The van der Waals surface area contributed by atoms with E-state index in [0.29, 0.717) is 5.69 Å². The van der Waals surface area contributed by atoms with Gasteiger partial charge < -0.3 is 14.6 Å². The molecule has 21 heavy (non-hydrogen) atoms. The molecule has 2 rings (SSSR count). The van der Waals surface area contributed by atoms with E-state index in [0.717, 1.165) is 35.6 Å². The zero-order valence-electron chi connectivity index (χ0n) is 13.1. The van der Waals surface area contributed by atoms with Crippen LogP contribution in [0.25, 0.3) is 11.1 Å². The number of hydrogen-bond donors (Lipinski definition) is 1. The number of H-pyrrole nitrogens is 1. The van der Waals surface area contributed by atoms with Gasteiger partial charge in [0.15, 0.2) is 0 Å². The van der Waals surface area contributed by atoms with Crippen LogP contribution in [0.15, 0.2) is 30.3 Å². The van der Waals surface area contributed by atoms with Gasteiger partial charge in [-0.2, -0.15) is 0 Å². The second-order valence-electron chi connectivity index (χ2n) is 4.88. The van der Waals surface area contributed by atoms with Crippen LogP contribution in [0.3, 0.4) is 0 Å². The number of anilines is 1. The molecule has 0 aliphatic heterocycles. The molecule has 0 aliphatic rings. The Morgan fingerprint density at radius 2 is 1.81 bits per heavy atom. The van der Waals surface area contributed by atoms with Gasteiger partial charge in [0.1, 0.15) is 11.5 Å². The van der Waals surface area contributed by atoms with Gasteiger partial charge in [-0.25, -0.2) is 4.79 Å². The largest absolute Gasteiger partial charge is 0.464 e. The minimum Gasteiger partial charge on any atom is -0.464 e. The lowest BCUT2D eigenvalue weighted by atomic mass is 10.0. The Labute approximate surface area is 125 Å². The van der Waals surface area contributed by atoms with E-state index in [1.165, 1.54) is 7.11 Å². The molecule has 1 N–H and O–H groups in total. The zero-order chi connectivity index (χ0) is 15.4. The van der Waals surface area contributed by atoms with Gasteiger partial charge in [-0.05, 0) is 31.9 Å². The van der Waals surface area contributed by atoms with Crippen LogP contribution < -0.4 is 4.90 Å². The van der Waals surface area contributed by atoms with Crippen molar-refractivity contribution in [3.05, 3.63) is 41.6 Å². The quantitative estimate of drug-likeness (QED) is 0.854. The van der Waals surface area contributed by atoms with Gasteiger partial charge >= 0.3 is 5.97 Å². The van der Waals surface area contributed by atoms with Crippen molar-refractivity contribution in [3.63, 3.8) is 0 Å². The van der Waals surface area contributed by atoms with E-state index < -0.39 is 0 Å². The van der Waals surface area contributed by atoms with Crippen molar-refractivity contribution in [3.8, 4) is 11.1 Å². The number of carbonyl (C=O) groups excluding carboxylic acids is 1. The molecule has 0 unspecified atom stereocenters. The Morgan fingerprint density at radius 1 is 1.19 bits per heavy atom. The van der Waals surface area contributed by atoms with Crippen LogP contribution in [-0.2, 0) is 4.74 Å². The standard InChI is InChI=1S/C17H22N2O2/c1-5-19(6-2)16-12(3)14(13-10-8-7-9-11-13)15(18-16)17(20)21-4/h7-11,18H,5-6H2,1-4H3. The number of aromatic amines is 1. The summed E-state index contributed by atoms with van der Waals surface area (Å²) >= 11 is 0. The number of nitrogens with one attached hydrogen (secondary N) is 1. The van der Waals surface area contributed by atoms with Crippen LogP contribution in [0.4, 0.5) is 5.82 Å². The molecule has 0 radical (unpaired) electrons. The molecule has 112 valence electrons. The van der Waals surface area contributed by atoms with E-state index in [1.54, 1.807) is 0 Å². The SMILES string of the molecule is CCN(CC)c1[nH]c(C(=O)OC)c(-c2ccccc2)c1C. The van der Waals surface area contributed by atoms with Crippen molar-refractivity contribution in [2.24, 2.45) is 0 Å². The summed E-state index contributed by atoms with van der Waals surface area (Å²) in [5.41, 5.74) is 3.53. The summed E-state index contributed by atoms with van der Waals surface area (Å²) in [7, 11) is 1.41. The molecule has 4 nitrogen and oxygen atoms in total. The van der Waals surface area contributed by atoms with Crippen molar-refractivity contribution in [2.45, 2.75) is 20.8 Å². The van der Waals surface area contributed by atoms with Crippen molar-refractivity contribution in [2.75, 3.05) is 25.1 Å². The maximum absolute atomic E-state index is 12.1. The Bertz CT molecular complexity index is 613. The van der Waals surface area contributed by atoms with E-state index in [4.69, 9.17) is 4.74 Å². The monoisotopic (exact) mass is 286 g/mol. The first kappa shape index (κ1) is 15.2. The molecule has 0 amide bonds. The lowest BCUT2D eigenvalue weighted by Crippen LogP contribution is -2.23. The van der Waals surface area contributed by atoms with Crippen molar-refractivity contribution in [1.29, 1.82) is 0 Å². The average molecular weight is 286 g/mol. The van der Waals surface area contributed by atoms with Crippen LogP contribution in [-0.4, -0.2) is 31.2 Å². The number of ether oxygens (including phenoxy) is 1. The molecule has 2 aromatic rings. The molecule has 0 fully saturated rings.